The zero-order valence-corrected chi connectivity index (χ0v) is 21.6. The topological polar surface area (TPSA) is 132 Å². The van der Waals surface area contributed by atoms with Crippen molar-refractivity contribution in [1.82, 2.24) is 0 Å². The maximum absolute atomic E-state index is 12.5. The van der Waals surface area contributed by atoms with Crippen molar-refractivity contribution < 1.29 is 28.9 Å². The van der Waals surface area contributed by atoms with Crippen LogP contribution >= 0.6 is 23.2 Å². The Hall–Kier alpha value is -4.21. The van der Waals surface area contributed by atoms with Crippen molar-refractivity contribution in [2.75, 3.05) is 19.0 Å². The Labute approximate surface area is 228 Å². The zero-order chi connectivity index (χ0) is 27.2. The van der Waals surface area contributed by atoms with Gasteiger partial charge in [0.1, 0.15) is 28.8 Å². The van der Waals surface area contributed by atoms with E-state index in [0.717, 1.165) is 0 Å². The van der Waals surface area contributed by atoms with E-state index < -0.39 is 17.8 Å². The Morgan fingerprint density at radius 1 is 1.11 bits per heavy atom. The summed E-state index contributed by atoms with van der Waals surface area (Å²) in [7, 11) is 1.52. The van der Waals surface area contributed by atoms with Crippen molar-refractivity contribution in [2.24, 2.45) is 10.7 Å². The molecule has 0 bridgehead atoms. The van der Waals surface area contributed by atoms with Crippen LogP contribution in [0.15, 0.2) is 71.9 Å². The molecule has 0 aromatic heterocycles. The van der Waals surface area contributed by atoms with Crippen LogP contribution in [-0.2, 0) is 4.79 Å². The number of amidine groups is 1. The third-order valence-electron chi connectivity index (χ3n) is 5.62. The van der Waals surface area contributed by atoms with Gasteiger partial charge in [0.25, 0.3) is 5.91 Å². The second-order valence-electron chi connectivity index (χ2n) is 8.14. The Morgan fingerprint density at radius 3 is 2.58 bits per heavy atom. The number of halogens is 2. The number of nitrogens with zero attached hydrogens (tertiary/aromatic N) is 1. The number of aliphatic imine (C=N–C) groups is 1. The minimum absolute atomic E-state index is 0.00395. The van der Waals surface area contributed by atoms with E-state index in [9.17, 15) is 14.7 Å². The van der Waals surface area contributed by atoms with Crippen molar-refractivity contribution in [1.29, 1.82) is 0 Å². The van der Waals surface area contributed by atoms with Crippen LogP contribution in [0.5, 0.6) is 23.0 Å². The predicted molar refractivity (Wildman–Crippen MR) is 145 cm³/mol. The van der Waals surface area contributed by atoms with Gasteiger partial charge in [-0.2, -0.15) is 4.99 Å². The molecule has 196 valence electrons. The summed E-state index contributed by atoms with van der Waals surface area (Å²) in [5.74, 6) is -0.508. The van der Waals surface area contributed by atoms with Crippen LogP contribution in [-0.4, -0.2) is 36.5 Å². The molecule has 4 rings (SSSR count). The van der Waals surface area contributed by atoms with Crippen molar-refractivity contribution in [3.8, 4) is 23.0 Å². The highest BCUT2D eigenvalue weighted by Gasteiger charge is 2.29. The van der Waals surface area contributed by atoms with Crippen LogP contribution in [0.2, 0.25) is 10.0 Å². The van der Waals surface area contributed by atoms with Gasteiger partial charge >= 0.3 is 5.97 Å². The Balaban J connectivity index is 1.39. The number of carboxylic acids is 1. The summed E-state index contributed by atoms with van der Waals surface area (Å²) in [6.07, 6.45) is 3.35. The molecule has 38 heavy (non-hydrogen) atoms. The van der Waals surface area contributed by atoms with E-state index in [4.69, 9.17) is 43.1 Å². The van der Waals surface area contributed by atoms with Crippen LogP contribution in [0.1, 0.15) is 28.3 Å². The Bertz CT molecular complexity index is 1420. The molecule has 1 aliphatic heterocycles. The number of carbonyl (C=O) groups is 2. The van der Waals surface area contributed by atoms with E-state index in [0.29, 0.717) is 51.3 Å². The lowest BCUT2D eigenvalue weighted by Gasteiger charge is -2.24. The standard InChI is InChI=1S/C27H23Cl2N3O6/c1-36-23-12-16(4-7-20(23)28)31-10-8-25(30)32-26(33)15-2-5-17(6-3-15)38-24-14-22-19(13-21(24)29)18(27(34)35)9-11-37-22/h2-8,10,12-14,18,31H,9,11H2,1H3,(H,34,35)(H2,30,32,33)/b10-8-. The van der Waals surface area contributed by atoms with Crippen molar-refractivity contribution in [2.45, 2.75) is 12.3 Å². The Kier molecular flexibility index (Phi) is 8.40. The molecule has 0 fully saturated rings. The fraction of sp³-hybridized carbons (Fsp3) is 0.148. The lowest BCUT2D eigenvalue weighted by molar-refractivity contribution is -0.139. The van der Waals surface area contributed by atoms with E-state index in [1.165, 1.54) is 19.4 Å². The summed E-state index contributed by atoms with van der Waals surface area (Å²) in [5, 5.41) is 13.2. The fourth-order valence-electron chi connectivity index (χ4n) is 3.71. The number of ether oxygens (including phenoxy) is 3. The fourth-order valence-corrected chi connectivity index (χ4v) is 4.11. The third-order valence-corrected chi connectivity index (χ3v) is 6.22. The van der Waals surface area contributed by atoms with Gasteiger partial charge in [0, 0.05) is 35.1 Å². The number of nitrogens with one attached hydrogen (secondary N) is 1. The molecule has 0 saturated carbocycles. The van der Waals surface area contributed by atoms with Gasteiger partial charge in [-0.25, -0.2) is 0 Å². The molecule has 9 nitrogen and oxygen atoms in total. The van der Waals surface area contributed by atoms with Gasteiger partial charge in [-0.3, -0.25) is 9.59 Å². The van der Waals surface area contributed by atoms with Gasteiger partial charge in [0.05, 0.1) is 29.7 Å². The number of anilines is 1. The molecule has 3 aromatic rings. The number of benzene rings is 3. The van der Waals surface area contributed by atoms with Crippen LogP contribution in [0.3, 0.4) is 0 Å². The molecule has 0 radical (unpaired) electrons. The molecule has 4 N–H and O–H groups in total. The van der Waals surface area contributed by atoms with E-state index in [1.54, 1.807) is 54.6 Å². The molecule has 11 heteroatoms. The number of fused-ring (bicyclic) bond motifs is 1. The molecule has 1 aliphatic rings. The number of carbonyl (C=O) groups excluding carboxylic acids is 1. The largest absolute Gasteiger partial charge is 0.495 e. The van der Waals surface area contributed by atoms with Crippen LogP contribution in [0.4, 0.5) is 5.69 Å². The smallest absolute Gasteiger partial charge is 0.311 e. The first-order valence-corrected chi connectivity index (χ1v) is 12.1. The number of rotatable bonds is 8. The van der Waals surface area contributed by atoms with E-state index in [1.807, 2.05) is 0 Å². The zero-order valence-electron chi connectivity index (χ0n) is 20.1. The number of methoxy groups -OCH3 is 1. The first kappa shape index (κ1) is 26.8. The lowest BCUT2D eigenvalue weighted by Crippen LogP contribution is -2.20. The van der Waals surface area contributed by atoms with Crippen LogP contribution in [0, 0.1) is 0 Å². The second-order valence-corrected chi connectivity index (χ2v) is 8.96. The molecule has 0 spiro atoms. The minimum atomic E-state index is -0.934. The summed E-state index contributed by atoms with van der Waals surface area (Å²) in [6, 6.07) is 14.5. The molecule has 0 aliphatic carbocycles. The van der Waals surface area contributed by atoms with Gasteiger partial charge in [-0.05, 0) is 55.0 Å². The number of nitrogens with two attached hydrogens (primary N) is 1. The first-order chi connectivity index (χ1) is 18.2. The van der Waals surface area contributed by atoms with Gasteiger partial charge < -0.3 is 30.4 Å². The van der Waals surface area contributed by atoms with E-state index in [-0.39, 0.29) is 17.5 Å². The first-order valence-electron chi connectivity index (χ1n) is 11.4. The van der Waals surface area contributed by atoms with E-state index in [2.05, 4.69) is 10.3 Å². The molecule has 1 heterocycles. The molecular formula is C27H23Cl2N3O6. The normalized spacial score (nSPS) is 14.9. The molecule has 1 amide bonds. The number of amides is 1. The number of carboxylic acid groups (broad SMARTS) is 1. The van der Waals surface area contributed by atoms with E-state index >= 15 is 0 Å². The average Bonchev–Trinajstić information content (AvgIpc) is 2.90. The van der Waals surface area contributed by atoms with Crippen LogP contribution < -0.4 is 25.3 Å². The third kappa shape index (κ3) is 6.37. The molecule has 0 saturated heterocycles. The summed E-state index contributed by atoms with van der Waals surface area (Å²) in [5.41, 5.74) is 7.38. The van der Waals surface area contributed by atoms with Crippen molar-refractivity contribution in [3.63, 3.8) is 0 Å². The summed E-state index contributed by atoms with van der Waals surface area (Å²) in [6.45, 7) is 0.284. The Morgan fingerprint density at radius 2 is 1.87 bits per heavy atom. The SMILES string of the molecule is COc1cc(N/C=C\C(N)=NC(=O)c2ccc(Oc3cc4c(cc3Cl)C(C(=O)O)CCO4)cc2)ccc1Cl. The van der Waals surface area contributed by atoms with Gasteiger partial charge in [0.2, 0.25) is 0 Å². The monoisotopic (exact) mass is 555 g/mol. The van der Waals surface area contributed by atoms with Crippen molar-refractivity contribution in [3.05, 3.63) is 88.0 Å². The van der Waals surface area contributed by atoms with Crippen molar-refractivity contribution >= 4 is 46.6 Å². The summed E-state index contributed by atoms with van der Waals surface area (Å²) < 4.78 is 16.6. The highest BCUT2D eigenvalue weighted by Crippen LogP contribution is 2.41. The number of hydrogen-bond acceptors (Lipinski definition) is 6. The predicted octanol–water partition coefficient (Wildman–Crippen LogP) is 5.87. The van der Waals surface area contributed by atoms with Gasteiger partial charge in [-0.15, -0.1) is 0 Å². The highest BCUT2D eigenvalue weighted by molar-refractivity contribution is 6.32. The van der Waals surface area contributed by atoms with Gasteiger partial charge in [-0.1, -0.05) is 23.2 Å². The quantitative estimate of drug-likeness (QED) is 0.232. The number of aliphatic carboxylic acids is 1. The van der Waals surface area contributed by atoms with Gasteiger partial charge in [0.15, 0.2) is 0 Å². The summed E-state index contributed by atoms with van der Waals surface area (Å²) >= 11 is 12.3. The minimum Gasteiger partial charge on any atom is -0.495 e. The number of hydrogen-bond donors (Lipinski definition) is 3. The summed E-state index contributed by atoms with van der Waals surface area (Å²) in [4.78, 5) is 27.9. The lowest BCUT2D eigenvalue weighted by atomic mass is 9.93. The maximum Gasteiger partial charge on any atom is 0.311 e. The average molecular weight is 556 g/mol. The molecule has 1 atom stereocenters. The maximum atomic E-state index is 12.5. The molecular weight excluding hydrogens is 533 g/mol. The molecule has 1 unspecified atom stereocenters. The highest BCUT2D eigenvalue weighted by atomic mass is 35.5. The van der Waals surface area contributed by atoms with Crippen LogP contribution in [0.25, 0.3) is 0 Å². The second kappa shape index (κ2) is 11.9. The molecule has 3 aromatic carbocycles.